The molecule has 1 saturated heterocycles. The fourth-order valence-corrected chi connectivity index (χ4v) is 2.17. The highest BCUT2D eigenvalue weighted by Crippen LogP contribution is 2.06. The van der Waals surface area contributed by atoms with Gasteiger partial charge in [0.25, 0.3) is 0 Å². The number of benzene rings is 1. The van der Waals surface area contributed by atoms with Crippen molar-refractivity contribution in [3.05, 3.63) is 35.9 Å². The SMILES string of the molecule is CN(CCc1ccccc1)C(=O)CC1CNCCO1. The molecule has 1 aromatic rings. The van der Waals surface area contributed by atoms with E-state index in [9.17, 15) is 4.79 Å². The van der Waals surface area contributed by atoms with Gasteiger partial charge >= 0.3 is 0 Å². The number of hydrogen-bond acceptors (Lipinski definition) is 3. The van der Waals surface area contributed by atoms with Gasteiger partial charge in [0.2, 0.25) is 5.91 Å². The van der Waals surface area contributed by atoms with Gasteiger partial charge in [-0.25, -0.2) is 0 Å². The number of amides is 1. The molecule has 1 aliphatic rings. The van der Waals surface area contributed by atoms with Crippen LogP contribution in [0.25, 0.3) is 0 Å². The maximum absolute atomic E-state index is 12.1. The lowest BCUT2D eigenvalue weighted by Crippen LogP contribution is -2.42. The van der Waals surface area contributed by atoms with E-state index >= 15 is 0 Å². The Bertz CT molecular complexity index is 388. The van der Waals surface area contributed by atoms with Crippen LogP contribution in [0.5, 0.6) is 0 Å². The van der Waals surface area contributed by atoms with E-state index in [0.29, 0.717) is 13.0 Å². The molecule has 0 spiro atoms. The highest BCUT2D eigenvalue weighted by molar-refractivity contribution is 5.76. The van der Waals surface area contributed by atoms with Crippen molar-refractivity contribution in [2.75, 3.05) is 33.3 Å². The average Bonchev–Trinajstić information content (AvgIpc) is 2.47. The Kier molecular flexibility index (Phi) is 5.36. The summed E-state index contributed by atoms with van der Waals surface area (Å²) in [5.41, 5.74) is 1.26. The normalized spacial score (nSPS) is 19.1. The predicted octanol–water partition coefficient (Wildman–Crippen LogP) is 1.07. The van der Waals surface area contributed by atoms with Crippen LogP contribution in [0.4, 0.5) is 0 Å². The number of carbonyl (C=O) groups is 1. The van der Waals surface area contributed by atoms with Crippen LogP contribution in [0.2, 0.25) is 0 Å². The molecular weight excluding hydrogens is 240 g/mol. The molecular formula is C15H22N2O2. The van der Waals surface area contributed by atoms with E-state index in [1.165, 1.54) is 5.56 Å². The van der Waals surface area contributed by atoms with Gasteiger partial charge in [0.15, 0.2) is 0 Å². The third kappa shape index (κ3) is 4.65. The van der Waals surface area contributed by atoms with Crippen molar-refractivity contribution in [3.63, 3.8) is 0 Å². The molecule has 1 aliphatic heterocycles. The van der Waals surface area contributed by atoms with Gasteiger partial charge in [-0.15, -0.1) is 0 Å². The molecule has 1 N–H and O–H groups in total. The quantitative estimate of drug-likeness (QED) is 0.863. The van der Waals surface area contributed by atoms with Crippen LogP contribution in [0.3, 0.4) is 0 Å². The van der Waals surface area contributed by atoms with Crippen LogP contribution in [0, 0.1) is 0 Å². The molecule has 0 bridgehead atoms. The van der Waals surface area contributed by atoms with Gasteiger partial charge in [-0.05, 0) is 12.0 Å². The van der Waals surface area contributed by atoms with Crippen LogP contribution < -0.4 is 5.32 Å². The lowest BCUT2D eigenvalue weighted by Gasteiger charge is -2.25. The molecule has 1 aromatic carbocycles. The van der Waals surface area contributed by atoms with E-state index in [-0.39, 0.29) is 12.0 Å². The molecule has 104 valence electrons. The van der Waals surface area contributed by atoms with Crippen molar-refractivity contribution in [1.29, 1.82) is 0 Å². The first kappa shape index (κ1) is 14.0. The minimum atomic E-state index is 0.0282. The van der Waals surface area contributed by atoms with E-state index in [4.69, 9.17) is 4.74 Å². The summed E-state index contributed by atoms with van der Waals surface area (Å²) >= 11 is 0. The zero-order chi connectivity index (χ0) is 13.5. The average molecular weight is 262 g/mol. The summed E-state index contributed by atoms with van der Waals surface area (Å²) in [6.07, 6.45) is 1.39. The first-order chi connectivity index (χ1) is 9.25. The van der Waals surface area contributed by atoms with Gasteiger partial charge in [-0.1, -0.05) is 30.3 Å². The zero-order valence-corrected chi connectivity index (χ0v) is 11.5. The maximum atomic E-state index is 12.1. The Balaban J connectivity index is 1.72. The number of nitrogens with one attached hydrogen (secondary N) is 1. The first-order valence-electron chi connectivity index (χ1n) is 6.86. The van der Waals surface area contributed by atoms with E-state index in [1.54, 1.807) is 4.90 Å². The fraction of sp³-hybridized carbons (Fsp3) is 0.533. The molecule has 1 heterocycles. The second kappa shape index (κ2) is 7.26. The molecule has 2 rings (SSSR count). The molecule has 0 saturated carbocycles. The number of carbonyl (C=O) groups excluding carboxylic acids is 1. The predicted molar refractivity (Wildman–Crippen MR) is 75.0 cm³/mol. The highest BCUT2D eigenvalue weighted by Gasteiger charge is 2.19. The van der Waals surface area contributed by atoms with Crippen molar-refractivity contribution < 1.29 is 9.53 Å². The molecule has 1 unspecified atom stereocenters. The van der Waals surface area contributed by atoms with Gasteiger partial charge in [0.05, 0.1) is 19.1 Å². The van der Waals surface area contributed by atoms with Gasteiger partial charge in [-0.2, -0.15) is 0 Å². The van der Waals surface area contributed by atoms with E-state index in [1.807, 2.05) is 25.2 Å². The van der Waals surface area contributed by atoms with E-state index in [2.05, 4.69) is 17.4 Å². The van der Waals surface area contributed by atoms with E-state index in [0.717, 1.165) is 26.1 Å². The van der Waals surface area contributed by atoms with Gasteiger partial charge in [0, 0.05) is 26.7 Å². The minimum absolute atomic E-state index is 0.0282. The van der Waals surface area contributed by atoms with Crippen LogP contribution in [0.15, 0.2) is 30.3 Å². The molecule has 0 aliphatic carbocycles. The third-order valence-corrected chi connectivity index (χ3v) is 3.41. The second-order valence-electron chi connectivity index (χ2n) is 4.95. The zero-order valence-electron chi connectivity index (χ0n) is 11.5. The number of likely N-dealkylation sites (N-methyl/N-ethyl adjacent to an activating group) is 1. The van der Waals surface area contributed by atoms with E-state index < -0.39 is 0 Å². The standard InChI is InChI=1S/C15H22N2O2/c1-17(9-7-13-5-3-2-4-6-13)15(18)11-14-12-16-8-10-19-14/h2-6,14,16H,7-12H2,1H3. The number of ether oxygens (including phenoxy) is 1. The molecule has 4 heteroatoms. The van der Waals surface area contributed by atoms with Crippen molar-refractivity contribution in [2.45, 2.75) is 18.9 Å². The molecule has 1 amide bonds. The minimum Gasteiger partial charge on any atom is -0.375 e. The van der Waals surface area contributed by atoms with Gasteiger partial charge < -0.3 is 15.0 Å². The summed E-state index contributed by atoms with van der Waals surface area (Å²) < 4.78 is 5.55. The number of morpholine rings is 1. The topological polar surface area (TPSA) is 41.6 Å². The summed E-state index contributed by atoms with van der Waals surface area (Å²) in [7, 11) is 1.86. The lowest BCUT2D eigenvalue weighted by molar-refractivity contribution is -0.133. The number of nitrogens with zero attached hydrogens (tertiary/aromatic N) is 1. The van der Waals surface area contributed by atoms with Crippen molar-refractivity contribution in [3.8, 4) is 0 Å². The maximum Gasteiger partial charge on any atom is 0.224 e. The van der Waals surface area contributed by atoms with Crippen molar-refractivity contribution >= 4 is 5.91 Å². The summed E-state index contributed by atoms with van der Waals surface area (Å²) in [5, 5.41) is 3.24. The van der Waals surface area contributed by atoms with Gasteiger partial charge in [0.1, 0.15) is 0 Å². The Morgan fingerprint density at radius 3 is 2.89 bits per heavy atom. The second-order valence-corrected chi connectivity index (χ2v) is 4.95. The summed E-state index contributed by atoms with van der Waals surface area (Å²) in [4.78, 5) is 13.8. The van der Waals surface area contributed by atoms with Crippen LogP contribution in [-0.4, -0.2) is 50.2 Å². The molecule has 0 aromatic heterocycles. The van der Waals surface area contributed by atoms with Crippen molar-refractivity contribution in [2.24, 2.45) is 0 Å². The van der Waals surface area contributed by atoms with Crippen LogP contribution in [0.1, 0.15) is 12.0 Å². The fourth-order valence-electron chi connectivity index (χ4n) is 2.17. The van der Waals surface area contributed by atoms with Crippen LogP contribution >= 0.6 is 0 Å². The monoisotopic (exact) mass is 262 g/mol. The largest absolute Gasteiger partial charge is 0.375 e. The Labute approximate surface area is 114 Å². The van der Waals surface area contributed by atoms with Gasteiger partial charge in [-0.3, -0.25) is 4.79 Å². The molecule has 19 heavy (non-hydrogen) atoms. The Morgan fingerprint density at radius 1 is 1.42 bits per heavy atom. The lowest BCUT2D eigenvalue weighted by atomic mass is 10.1. The third-order valence-electron chi connectivity index (χ3n) is 3.41. The van der Waals surface area contributed by atoms with Crippen molar-refractivity contribution in [1.82, 2.24) is 10.2 Å². The molecule has 0 radical (unpaired) electrons. The molecule has 1 atom stereocenters. The summed E-state index contributed by atoms with van der Waals surface area (Å²) in [5.74, 6) is 0.157. The summed E-state index contributed by atoms with van der Waals surface area (Å²) in [6, 6.07) is 10.2. The Hall–Kier alpha value is -1.39. The molecule has 4 nitrogen and oxygen atoms in total. The van der Waals surface area contributed by atoms with Crippen LogP contribution in [-0.2, 0) is 16.0 Å². The smallest absolute Gasteiger partial charge is 0.224 e. The highest BCUT2D eigenvalue weighted by atomic mass is 16.5. The number of rotatable bonds is 5. The number of hydrogen-bond donors (Lipinski definition) is 1. The Morgan fingerprint density at radius 2 is 2.21 bits per heavy atom. The molecule has 1 fully saturated rings. The first-order valence-corrected chi connectivity index (χ1v) is 6.86. The summed E-state index contributed by atoms with van der Waals surface area (Å²) in [6.45, 7) is 3.11.